The Kier molecular flexibility index (Phi) is 7.90. The van der Waals surface area contributed by atoms with Gasteiger partial charge in [-0.15, -0.1) is 10.2 Å². The normalized spacial score (nSPS) is 11.0. The molecule has 2 aromatic carbocycles. The third-order valence-electron chi connectivity index (χ3n) is 4.59. The van der Waals surface area contributed by atoms with Crippen LogP contribution in [0.3, 0.4) is 0 Å². The Labute approximate surface area is 206 Å². The van der Waals surface area contributed by atoms with Gasteiger partial charge in [0.25, 0.3) is 5.91 Å². The van der Waals surface area contributed by atoms with E-state index in [-0.39, 0.29) is 11.7 Å². The van der Waals surface area contributed by atoms with Gasteiger partial charge in [0.2, 0.25) is 0 Å². The summed E-state index contributed by atoms with van der Waals surface area (Å²) in [5.41, 5.74) is 4.88. The lowest BCUT2D eigenvalue weighted by molar-refractivity contribution is -0.118. The largest absolute Gasteiger partial charge is 0.494 e. The molecule has 1 N–H and O–H groups in total. The molecular formula is C24H21ClN6O2S. The predicted octanol–water partition coefficient (Wildman–Crippen LogP) is 4.62. The summed E-state index contributed by atoms with van der Waals surface area (Å²) in [5, 5.41) is 13.8. The van der Waals surface area contributed by atoms with Crippen LogP contribution >= 0.6 is 23.4 Å². The molecule has 0 atom stereocenters. The van der Waals surface area contributed by atoms with E-state index < -0.39 is 0 Å². The average Bonchev–Trinajstić information content (AvgIpc) is 3.29. The molecule has 0 spiro atoms. The molecule has 10 heteroatoms. The predicted molar refractivity (Wildman–Crippen MR) is 134 cm³/mol. The number of ether oxygens (including phenoxy) is 1. The minimum Gasteiger partial charge on any atom is -0.494 e. The fraction of sp³-hybridized carbons (Fsp3) is 0.125. The highest BCUT2D eigenvalue weighted by Gasteiger charge is 2.17. The number of rotatable bonds is 9. The standard InChI is InChI=1S/C24H21ClN6O2S/c1-2-33-20-11-9-19(10-12-20)31-23(18-7-5-13-26-14-18)29-30-24(31)34-16-22(32)28-27-15-17-6-3-4-8-21(17)25/h3-15H,2,16H2,1H3,(H,28,32)/b27-15-. The number of nitrogens with one attached hydrogen (secondary N) is 1. The van der Waals surface area contributed by atoms with E-state index in [2.05, 4.69) is 25.7 Å². The Balaban J connectivity index is 1.51. The maximum Gasteiger partial charge on any atom is 0.250 e. The monoisotopic (exact) mass is 492 g/mol. The van der Waals surface area contributed by atoms with Crippen molar-refractivity contribution in [2.75, 3.05) is 12.4 Å². The molecule has 0 aliphatic heterocycles. The van der Waals surface area contributed by atoms with Gasteiger partial charge in [-0.3, -0.25) is 14.3 Å². The summed E-state index contributed by atoms with van der Waals surface area (Å²) < 4.78 is 7.44. The summed E-state index contributed by atoms with van der Waals surface area (Å²) in [7, 11) is 0. The first-order valence-electron chi connectivity index (χ1n) is 10.4. The minimum absolute atomic E-state index is 0.0993. The van der Waals surface area contributed by atoms with E-state index in [9.17, 15) is 4.79 Å². The van der Waals surface area contributed by atoms with Crippen molar-refractivity contribution in [1.29, 1.82) is 0 Å². The number of carbonyl (C=O) groups excluding carboxylic acids is 1. The molecule has 2 aromatic heterocycles. The van der Waals surface area contributed by atoms with Crippen LogP contribution in [0.1, 0.15) is 12.5 Å². The lowest BCUT2D eigenvalue weighted by Crippen LogP contribution is -2.20. The van der Waals surface area contributed by atoms with Crippen LogP contribution in [0.15, 0.2) is 83.3 Å². The van der Waals surface area contributed by atoms with Gasteiger partial charge in [0.15, 0.2) is 11.0 Å². The number of halogens is 1. The number of amides is 1. The van der Waals surface area contributed by atoms with Gasteiger partial charge in [0.1, 0.15) is 5.75 Å². The van der Waals surface area contributed by atoms with Gasteiger partial charge in [-0.1, -0.05) is 41.6 Å². The number of nitrogens with zero attached hydrogens (tertiary/aromatic N) is 5. The molecule has 0 saturated heterocycles. The molecule has 172 valence electrons. The van der Waals surface area contributed by atoms with Gasteiger partial charge in [-0.2, -0.15) is 5.10 Å². The molecule has 0 radical (unpaired) electrons. The van der Waals surface area contributed by atoms with Crippen molar-refractivity contribution < 1.29 is 9.53 Å². The van der Waals surface area contributed by atoms with Gasteiger partial charge in [-0.05, 0) is 49.4 Å². The van der Waals surface area contributed by atoms with Crippen LogP contribution in [0.5, 0.6) is 5.75 Å². The van der Waals surface area contributed by atoms with E-state index in [0.717, 1.165) is 17.0 Å². The van der Waals surface area contributed by atoms with Crippen LogP contribution < -0.4 is 10.2 Å². The van der Waals surface area contributed by atoms with Crippen molar-refractivity contribution in [2.24, 2.45) is 5.10 Å². The second kappa shape index (κ2) is 11.4. The van der Waals surface area contributed by atoms with Crippen LogP contribution in [0.4, 0.5) is 0 Å². The zero-order valence-corrected chi connectivity index (χ0v) is 19.8. The molecule has 0 bridgehead atoms. The van der Waals surface area contributed by atoms with Crippen molar-refractivity contribution in [3.8, 4) is 22.8 Å². The highest BCUT2D eigenvalue weighted by Crippen LogP contribution is 2.28. The Bertz CT molecular complexity index is 1280. The van der Waals surface area contributed by atoms with Gasteiger partial charge in [-0.25, -0.2) is 5.43 Å². The van der Waals surface area contributed by atoms with Gasteiger partial charge in [0.05, 0.1) is 18.6 Å². The topological polar surface area (TPSA) is 94.3 Å². The first-order chi connectivity index (χ1) is 16.7. The zero-order valence-electron chi connectivity index (χ0n) is 18.3. The molecule has 0 aliphatic carbocycles. The van der Waals surface area contributed by atoms with E-state index in [1.807, 2.05) is 66.1 Å². The van der Waals surface area contributed by atoms with Crippen LogP contribution in [0, 0.1) is 0 Å². The summed E-state index contributed by atoms with van der Waals surface area (Å²) in [4.78, 5) is 16.6. The molecule has 0 fully saturated rings. The Morgan fingerprint density at radius 2 is 1.97 bits per heavy atom. The van der Waals surface area contributed by atoms with Crippen molar-refractivity contribution >= 4 is 35.5 Å². The van der Waals surface area contributed by atoms with Crippen molar-refractivity contribution in [1.82, 2.24) is 25.2 Å². The number of aromatic nitrogens is 4. The third kappa shape index (κ3) is 5.81. The van der Waals surface area contributed by atoms with Crippen LogP contribution in [0.25, 0.3) is 17.1 Å². The zero-order chi connectivity index (χ0) is 23.8. The van der Waals surface area contributed by atoms with Crippen molar-refractivity contribution in [3.63, 3.8) is 0 Å². The van der Waals surface area contributed by atoms with Crippen molar-refractivity contribution in [2.45, 2.75) is 12.1 Å². The number of thioether (sulfide) groups is 1. The third-order valence-corrected chi connectivity index (χ3v) is 5.86. The summed E-state index contributed by atoms with van der Waals surface area (Å²) in [6.07, 6.45) is 4.93. The average molecular weight is 493 g/mol. The molecular weight excluding hydrogens is 472 g/mol. The van der Waals surface area contributed by atoms with E-state index in [0.29, 0.717) is 28.2 Å². The van der Waals surface area contributed by atoms with E-state index in [1.165, 1.54) is 18.0 Å². The lowest BCUT2D eigenvalue weighted by Gasteiger charge is -2.11. The number of hydrogen-bond donors (Lipinski definition) is 1. The number of benzene rings is 2. The first-order valence-corrected chi connectivity index (χ1v) is 11.8. The number of carbonyl (C=O) groups is 1. The number of hydrazone groups is 1. The Morgan fingerprint density at radius 3 is 2.71 bits per heavy atom. The summed E-state index contributed by atoms with van der Waals surface area (Å²) >= 11 is 7.35. The molecule has 4 rings (SSSR count). The molecule has 1 amide bonds. The smallest absolute Gasteiger partial charge is 0.250 e. The first kappa shape index (κ1) is 23.5. The van der Waals surface area contributed by atoms with Crippen LogP contribution in [0.2, 0.25) is 5.02 Å². The van der Waals surface area contributed by atoms with E-state index >= 15 is 0 Å². The molecule has 0 saturated carbocycles. The molecule has 0 unspecified atom stereocenters. The van der Waals surface area contributed by atoms with Crippen molar-refractivity contribution in [3.05, 3.63) is 83.6 Å². The quantitative estimate of drug-likeness (QED) is 0.208. The Hall–Kier alpha value is -3.69. The Morgan fingerprint density at radius 1 is 1.15 bits per heavy atom. The number of pyridine rings is 1. The maximum absolute atomic E-state index is 12.4. The molecule has 34 heavy (non-hydrogen) atoms. The summed E-state index contributed by atoms with van der Waals surface area (Å²) in [5.74, 6) is 1.21. The highest BCUT2D eigenvalue weighted by atomic mass is 35.5. The van der Waals surface area contributed by atoms with Crippen LogP contribution in [-0.2, 0) is 4.79 Å². The maximum atomic E-state index is 12.4. The van der Waals surface area contributed by atoms with Gasteiger partial charge < -0.3 is 4.74 Å². The highest BCUT2D eigenvalue weighted by molar-refractivity contribution is 7.99. The van der Waals surface area contributed by atoms with Gasteiger partial charge >= 0.3 is 0 Å². The molecule has 0 aliphatic rings. The summed E-state index contributed by atoms with van der Waals surface area (Å²) in [6, 6.07) is 18.6. The molecule has 4 aromatic rings. The van der Waals surface area contributed by atoms with Crippen LogP contribution in [-0.4, -0.2) is 44.2 Å². The molecule has 8 nitrogen and oxygen atoms in total. The SMILES string of the molecule is CCOc1ccc(-n2c(SCC(=O)N/N=C\c3ccccc3Cl)nnc2-c2cccnc2)cc1. The number of hydrogen-bond acceptors (Lipinski definition) is 7. The van der Waals surface area contributed by atoms with E-state index in [4.69, 9.17) is 16.3 Å². The van der Waals surface area contributed by atoms with Gasteiger partial charge in [0, 0.05) is 34.2 Å². The second-order valence-electron chi connectivity index (χ2n) is 6.91. The molecule has 2 heterocycles. The fourth-order valence-electron chi connectivity index (χ4n) is 3.05. The fourth-order valence-corrected chi connectivity index (χ4v) is 3.98. The lowest BCUT2D eigenvalue weighted by atomic mass is 10.2. The van der Waals surface area contributed by atoms with E-state index in [1.54, 1.807) is 18.5 Å². The minimum atomic E-state index is -0.280. The summed E-state index contributed by atoms with van der Waals surface area (Å²) in [6.45, 7) is 2.52. The second-order valence-corrected chi connectivity index (χ2v) is 8.26.